The molecule has 0 spiro atoms. The summed E-state index contributed by atoms with van der Waals surface area (Å²) in [6.07, 6.45) is 8.18. The van der Waals surface area contributed by atoms with Crippen LogP contribution in [-0.4, -0.2) is 30.3 Å². The van der Waals surface area contributed by atoms with Crippen LogP contribution in [0, 0.1) is 18.3 Å². The molecule has 1 unspecified atom stereocenters. The first-order valence-corrected chi connectivity index (χ1v) is 4.90. The van der Waals surface area contributed by atoms with E-state index >= 15 is 0 Å². The van der Waals surface area contributed by atoms with Gasteiger partial charge in [0.2, 0.25) is 0 Å². The van der Waals surface area contributed by atoms with E-state index in [1.165, 1.54) is 0 Å². The van der Waals surface area contributed by atoms with Crippen LogP contribution in [0.4, 0.5) is 0 Å². The minimum atomic E-state index is 0.256. The summed E-state index contributed by atoms with van der Waals surface area (Å²) < 4.78 is 0. The van der Waals surface area contributed by atoms with Crippen molar-refractivity contribution in [3.05, 3.63) is 0 Å². The fraction of sp³-hybridized carbons (Fsp3) is 0.727. The Bertz CT molecular complexity index is 217. The number of piperidine rings is 1. The number of carbonyl (C=O) groups is 1. The number of ketones is 1. The number of Topliss-reactive ketones (excluding diaryl/α,β-unsaturated/α-hetero) is 1. The maximum Gasteiger partial charge on any atom is 0.134 e. The molecule has 0 aromatic rings. The van der Waals surface area contributed by atoms with Crippen molar-refractivity contribution in [3.63, 3.8) is 0 Å². The molecule has 2 nitrogen and oxygen atoms in total. The first-order valence-electron chi connectivity index (χ1n) is 4.90. The Labute approximate surface area is 80.3 Å². The van der Waals surface area contributed by atoms with Crippen LogP contribution in [0.15, 0.2) is 0 Å². The molecule has 1 aliphatic heterocycles. The number of nitrogens with zero attached hydrogens (tertiary/aromatic N) is 1. The molecule has 1 atom stereocenters. The average Bonchev–Trinajstić information content (AvgIpc) is 2.15. The zero-order chi connectivity index (χ0) is 9.68. The second-order valence-electron chi connectivity index (χ2n) is 3.70. The van der Waals surface area contributed by atoms with Crippen molar-refractivity contribution >= 4 is 5.78 Å². The highest BCUT2D eigenvalue weighted by molar-refractivity contribution is 5.78. The lowest BCUT2D eigenvalue weighted by atomic mass is 9.94. The average molecular weight is 179 g/mol. The van der Waals surface area contributed by atoms with Crippen molar-refractivity contribution in [3.8, 4) is 12.3 Å². The molecular formula is C11H17NO. The summed E-state index contributed by atoms with van der Waals surface area (Å²) in [5, 5.41) is 0. The standard InChI is InChI=1S/C11H17NO/c1-3-4-7-12-8-5-6-11(9-12)10(2)13/h1,11H,4-9H2,2H3. The number of likely N-dealkylation sites (tertiary alicyclic amines) is 1. The predicted molar refractivity (Wildman–Crippen MR) is 53.3 cm³/mol. The van der Waals surface area contributed by atoms with Gasteiger partial charge in [-0.05, 0) is 26.3 Å². The Morgan fingerprint density at radius 3 is 3.08 bits per heavy atom. The zero-order valence-electron chi connectivity index (χ0n) is 8.25. The van der Waals surface area contributed by atoms with E-state index in [0.29, 0.717) is 5.78 Å². The van der Waals surface area contributed by atoms with Gasteiger partial charge in [-0.1, -0.05) is 0 Å². The number of rotatable bonds is 3. The largest absolute Gasteiger partial charge is 0.302 e. The van der Waals surface area contributed by atoms with Crippen LogP contribution in [0.25, 0.3) is 0 Å². The summed E-state index contributed by atoms with van der Waals surface area (Å²) in [6.45, 7) is 4.65. The van der Waals surface area contributed by atoms with Gasteiger partial charge in [0.15, 0.2) is 0 Å². The van der Waals surface area contributed by atoms with Gasteiger partial charge in [-0.25, -0.2) is 0 Å². The quantitative estimate of drug-likeness (QED) is 0.609. The molecular weight excluding hydrogens is 162 g/mol. The van der Waals surface area contributed by atoms with E-state index in [2.05, 4.69) is 10.8 Å². The number of hydrogen-bond acceptors (Lipinski definition) is 2. The smallest absolute Gasteiger partial charge is 0.134 e. The third-order valence-electron chi connectivity index (χ3n) is 2.65. The van der Waals surface area contributed by atoms with Crippen LogP contribution >= 0.6 is 0 Å². The van der Waals surface area contributed by atoms with E-state index in [4.69, 9.17) is 6.42 Å². The minimum absolute atomic E-state index is 0.256. The third-order valence-corrected chi connectivity index (χ3v) is 2.65. The Morgan fingerprint density at radius 1 is 1.69 bits per heavy atom. The molecule has 0 saturated carbocycles. The lowest BCUT2D eigenvalue weighted by Crippen LogP contribution is -2.38. The summed E-state index contributed by atoms with van der Waals surface area (Å²) in [4.78, 5) is 13.5. The molecule has 1 heterocycles. The van der Waals surface area contributed by atoms with Gasteiger partial charge in [-0.2, -0.15) is 0 Å². The second-order valence-corrected chi connectivity index (χ2v) is 3.70. The van der Waals surface area contributed by atoms with Crippen molar-refractivity contribution in [1.82, 2.24) is 4.90 Å². The third kappa shape index (κ3) is 3.20. The number of carbonyl (C=O) groups excluding carboxylic acids is 1. The van der Waals surface area contributed by atoms with Crippen molar-refractivity contribution < 1.29 is 4.79 Å². The Morgan fingerprint density at radius 2 is 2.46 bits per heavy atom. The molecule has 2 heteroatoms. The number of hydrogen-bond donors (Lipinski definition) is 0. The van der Waals surface area contributed by atoms with Gasteiger partial charge in [0.05, 0.1) is 0 Å². The van der Waals surface area contributed by atoms with Gasteiger partial charge in [-0.15, -0.1) is 12.3 Å². The van der Waals surface area contributed by atoms with E-state index in [0.717, 1.165) is 38.9 Å². The molecule has 0 bridgehead atoms. The summed E-state index contributed by atoms with van der Waals surface area (Å²) in [7, 11) is 0. The Hall–Kier alpha value is -0.810. The van der Waals surface area contributed by atoms with Crippen molar-refractivity contribution in [1.29, 1.82) is 0 Å². The lowest BCUT2D eigenvalue weighted by Gasteiger charge is -2.30. The first-order chi connectivity index (χ1) is 6.24. The van der Waals surface area contributed by atoms with Gasteiger partial charge >= 0.3 is 0 Å². The monoisotopic (exact) mass is 179 g/mol. The predicted octanol–water partition coefficient (Wildman–Crippen LogP) is 1.31. The maximum absolute atomic E-state index is 11.2. The second kappa shape index (κ2) is 5.04. The lowest BCUT2D eigenvalue weighted by molar-refractivity contribution is -0.122. The molecule has 0 amide bonds. The molecule has 0 aliphatic carbocycles. The molecule has 1 saturated heterocycles. The molecule has 13 heavy (non-hydrogen) atoms. The molecule has 0 N–H and O–H groups in total. The maximum atomic E-state index is 11.2. The van der Waals surface area contributed by atoms with Gasteiger partial charge in [0.1, 0.15) is 5.78 Å². The molecule has 0 radical (unpaired) electrons. The van der Waals surface area contributed by atoms with Crippen LogP contribution in [0.1, 0.15) is 26.2 Å². The summed E-state index contributed by atoms with van der Waals surface area (Å²) in [5.41, 5.74) is 0. The molecule has 1 rings (SSSR count). The highest BCUT2D eigenvalue weighted by Crippen LogP contribution is 2.16. The fourth-order valence-electron chi connectivity index (χ4n) is 1.81. The minimum Gasteiger partial charge on any atom is -0.302 e. The van der Waals surface area contributed by atoms with Crippen LogP contribution < -0.4 is 0 Å². The Balaban J connectivity index is 2.34. The SMILES string of the molecule is C#CCCN1CCCC(C(C)=O)C1. The summed E-state index contributed by atoms with van der Waals surface area (Å²) >= 11 is 0. The van der Waals surface area contributed by atoms with Crippen LogP contribution in [-0.2, 0) is 4.79 Å². The molecule has 72 valence electrons. The van der Waals surface area contributed by atoms with E-state index in [1.807, 2.05) is 0 Å². The molecule has 1 aliphatic rings. The molecule has 0 aromatic carbocycles. The van der Waals surface area contributed by atoms with Crippen molar-refractivity contribution in [2.75, 3.05) is 19.6 Å². The normalized spacial score (nSPS) is 23.8. The first kappa shape index (κ1) is 10.3. The zero-order valence-corrected chi connectivity index (χ0v) is 8.25. The number of terminal acetylenes is 1. The fourth-order valence-corrected chi connectivity index (χ4v) is 1.81. The van der Waals surface area contributed by atoms with E-state index in [9.17, 15) is 4.79 Å². The van der Waals surface area contributed by atoms with Crippen LogP contribution in [0.5, 0.6) is 0 Å². The molecule has 1 fully saturated rings. The van der Waals surface area contributed by atoms with Crippen LogP contribution in [0.3, 0.4) is 0 Å². The summed E-state index contributed by atoms with van der Waals surface area (Å²) in [5.74, 6) is 3.21. The highest BCUT2D eigenvalue weighted by atomic mass is 16.1. The summed E-state index contributed by atoms with van der Waals surface area (Å²) in [6, 6.07) is 0. The van der Waals surface area contributed by atoms with E-state index in [1.54, 1.807) is 6.92 Å². The van der Waals surface area contributed by atoms with Crippen molar-refractivity contribution in [2.45, 2.75) is 26.2 Å². The highest BCUT2D eigenvalue weighted by Gasteiger charge is 2.22. The van der Waals surface area contributed by atoms with Crippen LogP contribution in [0.2, 0.25) is 0 Å². The van der Waals surface area contributed by atoms with Crippen molar-refractivity contribution in [2.24, 2.45) is 5.92 Å². The Kier molecular flexibility index (Phi) is 3.98. The van der Waals surface area contributed by atoms with Gasteiger partial charge in [0, 0.05) is 25.4 Å². The van der Waals surface area contributed by atoms with E-state index < -0.39 is 0 Å². The van der Waals surface area contributed by atoms with Gasteiger partial charge in [0.25, 0.3) is 0 Å². The topological polar surface area (TPSA) is 20.3 Å². The van der Waals surface area contributed by atoms with Gasteiger partial charge < -0.3 is 4.90 Å². The molecule has 0 aromatic heterocycles. The van der Waals surface area contributed by atoms with Gasteiger partial charge in [-0.3, -0.25) is 4.79 Å². The van der Waals surface area contributed by atoms with E-state index in [-0.39, 0.29) is 5.92 Å².